The Kier molecular flexibility index (Phi) is 6.45. The van der Waals surface area contributed by atoms with Gasteiger partial charge in [-0.2, -0.15) is 10.2 Å². The van der Waals surface area contributed by atoms with Gasteiger partial charge in [0.2, 0.25) is 0 Å². The molecule has 2 unspecified atom stereocenters. The van der Waals surface area contributed by atoms with Crippen molar-refractivity contribution in [2.45, 2.75) is 38.8 Å². The highest BCUT2D eigenvalue weighted by Crippen LogP contribution is 2.42. The average molecular weight is 507 g/mol. The number of anilines is 1. The summed E-state index contributed by atoms with van der Waals surface area (Å²) in [6, 6.07) is 10.5. The lowest BCUT2D eigenvalue weighted by Gasteiger charge is -2.46. The first-order valence-corrected chi connectivity index (χ1v) is 12.1. The number of rotatable bonds is 8. The number of carbonyl (C=O) groups is 1. The van der Waals surface area contributed by atoms with Crippen LogP contribution in [0, 0.1) is 17.6 Å². The van der Waals surface area contributed by atoms with Gasteiger partial charge in [0, 0.05) is 36.3 Å². The Bertz CT molecular complexity index is 1360. The van der Waals surface area contributed by atoms with Gasteiger partial charge in [-0.05, 0) is 48.7 Å². The van der Waals surface area contributed by atoms with E-state index in [0.717, 1.165) is 17.4 Å². The smallest absolute Gasteiger partial charge is 0.319 e. The zero-order valence-electron chi connectivity index (χ0n) is 20.9. The lowest BCUT2D eigenvalue weighted by molar-refractivity contribution is 0.109. The number of benzene rings is 2. The molecule has 2 atom stereocenters. The lowest BCUT2D eigenvalue weighted by atomic mass is 9.66. The fraction of sp³-hybridized carbons (Fsp3) is 0.346. The van der Waals surface area contributed by atoms with Crippen LogP contribution >= 0.6 is 0 Å². The zero-order chi connectivity index (χ0) is 26.2. The predicted molar refractivity (Wildman–Crippen MR) is 133 cm³/mol. The normalized spacial score (nSPS) is 16.4. The number of hydrogen-bond donors (Lipinski definition) is 0. The first-order chi connectivity index (χ1) is 17.8. The van der Waals surface area contributed by atoms with E-state index in [1.165, 1.54) is 24.8 Å². The van der Waals surface area contributed by atoms with Crippen molar-refractivity contribution in [1.29, 1.82) is 0 Å². The van der Waals surface area contributed by atoms with Crippen molar-refractivity contribution in [3.8, 4) is 5.69 Å². The molecule has 0 spiro atoms. The van der Waals surface area contributed by atoms with Crippen LogP contribution in [0.25, 0.3) is 5.69 Å². The van der Waals surface area contributed by atoms with Gasteiger partial charge < -0.3 is 4.90 Å². The van der Waals surface area contributed by atoms with Crippen LogP contribution in [0.2, 0.25) is 0 Å². The van der Waals surface area contributed by atoms with Crippen molar-refractivity contribution < 1.29 is 13.6 Å². The molecule has 11 heteroatoms. The molecule has 2 amide bonds. The van der Waals surface area contributed by atoms with Gasteiger partial charge in [0.05, 0.1) is 12.2 Å². The van der Waals surface area contributed by atoms with E-state index in [-0.39, 0.29) is 18.5 Å². The molecule has 5 rings (SSSR count). The molecule has 0 saturated carbocycles. The molecule has 192 valence electrons. The van der Waals surface area contributed by atoms with Gasteiger partial charge in [0.15, 0.2) is 0 Å². The molecule has 0 bridgehead atoms. The Morgan fingerprint density at radius 2 is 1.62 bits per heavy atom. The lowest BCUT2D eigenvalue weighted by Crippen LogP contribution is -2.55. The highest BCUT2D eigenvalue weighted by molar-refractivity contribution is 5.94. The number of halogens is 2. The van der Waals surface area contributed by atoms with E-state index in [0.29, 0.717) is 18.7 Å². The molecule has 37 heavy (non-hydrogen) atoms. The summed E-state index contributed by atoms with van der Waals surface area (Å²) in [5.74, 6) is -1.42. The van der Waals surface area contributed by atoms with Crippen LogP contribution < -0.4 is 4.90 Å². The molecule has 1 fully saturated rings. The Labute approximate surface area is 213 Å². The van der Waals surface area contributed by atoms with Crippen LogP contribution in [-0.4, -0.2) is 59.6 Å². The van der Waals surface area contributed by atoms with Crippen molar-refractivity contribution >= 4 is 11.7 Å². The van der Waals surface area contributed by atoms with Gasteiger partial charge in [0.1, 0.15) is 36.9 Å². The van der Waals surface area contributed by atoms with Crippen molar-refractivity contribution in [3.05, 3.63) is 85.0 Å². The topological polar surface area (TPSA) is 85.0 Å². The summed E-state index contributed by atoms with van der Waals surface area (Å²) in [5.41, 5.74) is 1.02. The maximum absolute atomic E-state index is 15.4. The van der Waals surface area contributed by atoms with Crippen LogP contribution in [-0.2, 0) is 12.0 Å². The summed E-state index contributed by atoms with van der Waals surface area (Å²) in [7, 11) is 0. The van der Waals surface area contributed by atoms with Crippen molar-refractivity contribution in [3.63, 3.8) is 0 Å². The molecule has 1 aliphatic rings. The molecular weight excluding hydrogens is 478 g/mol. The molecule has 1 saturated heterocycles. The van der Waals surface area contributed by atoms with E-state index in [9.17, 15) is 9.18 Å². The van der Waals surface area contributed by atoms with E-state index >= 15 is 4.39 Å². The predicted octanol–water partition coefficient (Wildman–Crippen LogP) is 4.06. The first-order valence-electron chi connectivity index (χ1n) is 12.1. The van der Waals surface area contributed by atoms with E-state index in [4.69, 9.17) is 0 Å². The van der Waals surface area contributed by atoms with Gasteiger partial charge in [-0.3, -0.25) is 9.58 Å². The fourth-order valence-electron chi connectivity index (χ4n) is 5.43. The van der Waals surface area contributed by atoms with Gasteiger partial charge >= 0.3 is 6.03 Å². The van der Waals surface area contributed by atoms with E-state index < -0.39 is 23.1 Å². The Morgan fingerprint density at radius 3 is 2.24 bits per heavy atom. The maximum Gasteiger partial charge on any atom is 0.324 e. The quantitative estimate of drug-likeness (QED) is 0.360. The zero-order valence-corrected chi connectivity index (χ0v) is 20.9. The molecule has 1 aliphatic heterocycles. The van der Waals surface area contributed by atoms with Crippen LogP contribution in [0.3, 0.4) is 0 Å². The highest BCUT2D eigenvalue weighted by atomic mass is 19.1. The maximum atomic E-state index is 15.4. The Morgan fingerprint density at radius 1 is 0.919 bits per heavy atom. The van der Waals surface area contributed by atoms with Crippen LogP contribution in [0.5, 0.6) is 0 Å². The highest BCUT2D eigenvalue weighted by Gasteiger charge is 2.49. The standard InChI is InChI=1S/C26H28F2N8O/c1-18(2)26(13-33-16-29-14-31-33,23-9-4-20(27)12-24(23)28)19(3)34-10-11-35(25(34)37)21-5-7-22(8-6-21)36-17-30-15-32-36/h4-9,12,14-19H,10-11,13H2,1-3H3. The molecule has 9 nitrogen and oxygen atoms in total. The van der Waals surface area contributed by atoms with E-state index in [2.05, 4.69) is 20.2 Å². The second-order valence-electron chi connectivity index (χ2n) is 9.57. The minimum Gasteiger partial charge on any atom is -0.319 e. The van der Waals surface area contributed by atoms with Crippen molar-refractivity contribution in [1.82, 2.24) is 34.4 Å². The summed E-state index contributed by atoms with van der Waals surface area (Å²) in [4.78, 5) is 25.2. The Balaban J connectivity index is 1.49. The van der Waals surface area contributed by atoms with Crippen molar-refractivity contribution in [2.24, 2.45) is 5.92 Å². The van der Waals surface area contributed by atoms with Crippen molar-refractivity contribution in [2.75, 3.05) is 18.0 Å². The Hall–Kier alpha value is -4.15. The van der Waals surface area contributed by atoms with Gasteiger partial charge in [-0.25, -0.2) is 28.2 Å². The first kappa shape index (κ1) is 24.5. The molecule has 0 aliphatic carbocycles. The SMILES string of the molecule is CC(C)C(Cn1cncn1)(c1ccc(F)cc1F)C(C)N1CCN(c2ccc(-n3cncn3)cc2)C1=O. The summed E-state index contributed by atoms with van der Waals surface area (Å²) in [5, 5.41) is 8.39. The molecule has 0 radical (unpaired) electrons. The molecule has 2 aromatic heterocycles. The van der Waals surface area contributed by atoms with Crippen LogP contribution in [0.15, 0.2) is 67.8 Å². The number of nitrogens with zero attached hydrogens (tertiary/aromatic N) is 8. The van der Waals surface area contributed by atoms with E-state index in [1.807, 2.05) is 45.0 Å². The number of amides is 2. The minimum atomic E-state index is -0.909. The average Bonchev–Trinajstić information content (AvgIpc) is 3.65. The molecule has 2 aromatic carbocycles. The largest absolute Gasteiger partial charge is 0.324 e. The van der Waals surface area contributed by atoms with Gasteiger partial charge in [-0.1, -0.05) is 19.9 Å². The summed E-state index contributed by atoms with van der Waals surface area (Å²) >= 11 is 0. The minimum absolute atomic E-state index is 0.129. The summed E-state index contributed by atoms with van der Waals surface area (Å²) in [6.07, 6.45) is 6.05. The van der Waals surface area contributed by atoms with Gasteiger partial charge in [-0.15, -0.1) is 0 Å². The van der Waals surface area contributed by atoms with Crippen LogP contribution in [0.4, 0.5) is 19.3 Å². The number of urea groups is 1. The van der Waals surface area contributed by atoms with E-state index in [1.54, 1.807) is 31.8 Å². The second kappa shape index (κ2) is 9.72. The molecule has 3 heterocycles. The summed E-state index contributed by atoms with van der Waals surface area (Å²) < 4.78 is 32.5. The monoisotopic (exact) mass is 506 g/mol. The summed E-state index contributed by atoms with van der Waals surface area (Å²) in [6.45, 7) is 7.10. The number of hydrogen-bond acceptors (Lipinski definition) is 5. The molecule has 4 aromatic rings. The van der Waals surface area contributed by atoms with Crippen LogP contribution in [0.1, 0.15) is 26.3 Å². The third-order valence-corrected chi connectivity index (χ3v) is 7.45. The molecule has 0 N–H and O–H groups in total. The third-order valence-electron chi connectivity index (χ3n) is 7.45. The number of aromatic nitrogens is 6. The molecular formula is C26H28F2N8O. The fourth-order valence-corrected chi connectivity index (χ4v) is 5.43. The third kappa shape index (κ3) is 4.34. The number of carbonyl (C=O) groups excluding carboxylic acids is 1. The van der Waals surface area contributed by atoms with Gasteiger partial charge in [0.25, 0.3) is 0 Å². The second-order valence-corrected chi connectivity index (χ2v) is 9.57.